The molecule has 1 aliphatic rings. The van der Waals surface area contributed by atoms with Gasteiger partial charge in [0, 0.05) is 11.7 Å². The number of anilines is 1. The van der Waals surface area contributed by atoms with Crippen LogP contribution in [0.1, 0.15) is 33.3 Å². The Hall–Kier alpha value is -2.38. The molecule has 0 saturated carbocycles. The van der Waals surface area contributed by atoms with Crippen LogP contribution in [0.25, 0.3) is 0 Å². The smallest absolute Gasteiger partial charge is 0.444 e. The number of ether oxygens (including phenoxy) is 1. The number of carbonyl (C=O) groups is 1. The molecule has 0 spiro atoms. The summed E-state index contributed by atoms with van der Waals surface area (Å²) in [4.78, 5) is 16.1. The van der Waals surface area contributed by atoms with Crippen molar-refractivity contribution in [3.05, 3.63) is 54.2 Å². The molecule has 7 heteroatoms. The second-order valence-corrected chi connectivity index (χ2v) is 7.25. The largest absolute Gasteiger partial charge is 0.496 e. The maximum atomic E-state index is 11.9. The third-order valence-electron chi connectivity index (χ3n) is 4.75. The highest BCUT2D eigenvalue weighted by molar-refractivity contribution is 6.62. The van der Waals surface area contributed by atoms with Crippen molar-refractivity contribution >= 4 is 24.5 Å². The Morgan fingerprint density at radius 2 is 1.73 bits per heavy atom. The molecule has 6 nitrogen and oxygen atoms in total. The predicted molar refractivity (Wildman–Crippen MR) is 100 cm³/mol. The maximum absolute atomic E-state index is 11.9. The molecule has 1 N–H and O–H groups in total. The van der Waals surface area contributed by atoms with E-state index in [0.29, 0.717) is 5.82 Å². The van der Waals surface area contributed by atoms with Crippen molar-refractivity contribution in [2.24, 2.45) is 0 Å². The van der Waals surface area contributed by atoms with Gasteiger partial charge in [0.15, 0.2) is 0 Å². The second kappa shape index (κ2) is 7.09. The van der Waals surface area contributed by atoms with E-state index >= 15 is 0 Å². The molecule has 2 aromatic rings. The van der Waals surface area contributed by atoms with Crippen LogP contribution in [-0.2, 0) is 20.7 Å². The van der Waals surface area contributed by atoms with Gasteiger partial charge in [-0.3, -0.25) is 5.32 Å². The summed E-state index contributed by atoms with van der Waals surface area (Å²) in [7, 11) is -0.480. The minimum absolute atomic E-state index is 0.207. The van der Waals surface area contributed by atoms with E-state index in [1.165, 1.54) is 0 Å². The molecule has 0 unspecified atom stereocenters. The highest BCUT2D eigenvalue weighted by Gasteiger charge is 2.51. The summed E-state index contributed by atoms with van der Waals surface area (Å²) in [6.07, 6.45) is 1.08. The number of rotatable bonds is 4. The first-order valence-corrected chi connectivity index (χ1v) is 8.56. The van der Waals surface area contributed by atoms with Gasteiger partial charge in [0.1, 0.15) is 12.4 Å². The normalized spacial score (nSPS) is 17.8. The van der Waals surface area contributed by atoms with Gasteiger partial charge in [0.05, 0.1) is 11.2 Å². The Morgan fingerprint density at radius 1 is 1.08 bits per heavy atom. The molecule has 1 aromatic carbocycles. The molecule has 0 aliphatic carbocycles. The fourth-order valence-electron chi connectivity index (χ4n) is 2.46. The molecule has 26 heavy (non-hydrogen) atoms. The average molecular weight is 354 g/mol. The van der Waals surface area contributed by atoms with Gasteiger partial charge >= 0.3 is 13.2 Å². The Kier molecular flexibility index (Phi) is 5.02. The van der Waals surface area contributed by atoms with Crippen molar-refractivity contribution in [2.45, 2.75) is 45.5 Å². The lowest BCUT2D eigenvalue weighted by molar-refractivity contribution is 0.00578. The topological polar surface area (TPSA) is 69.7 Å². The van der Waals surface area contributed by atoms with E-state index in [1.54, 1.807) is 12.3 Å². The van der Waals surface area contributed by atoms with Crippen molar-refractivity contribution < 1.29 is 18.8 Å². The van der Waals surface area contributed by atoms with E-state index in [2.05, 4.69) is 10.3 Å². The number of carbonyl (C=O) groups excluding carboxylic acids is 1. The van der Waals surface area contributed by atoms with Crippen LogP contribution in [0.2, 0.25) is 0 Å². The van der Waals surface area contributed by atoms with Crippen molar-refractivity contribution in [1.29, 1.82) is 0 Å². The summed E-state index contributed by atoms with van der Waals surface area (Å²) in [5.74, 6) is 0.406. The number of nitrogens with one attached hydrogen (secondary N) is 1. The number of nitrogens with zero attached hydrogens (tertiary/aromatic N) is 1. The van der Waals surface area contributed by atoms with E-state index in [-0.39, 0.29) is 6.61 Å². The third kappa shape index (κ3) is 4.06. The van der Waals surface area contributed by atoms with Gasteiger partial charge in [-0.1, -0.05) is 36.4 Å². The number of aromatic nitrogens is 1. The van der Waals surface area contributed by atoms with Crippen LogP contribution in [0.3, 0.4) is 0 Å². The van der Waals surface area contributed by atoms with Gasteiger partial charge in [0.25, 0.3) is 0 Å². The van der Waals surface area contributed by atoms with Crippen LogP contribution < -0.4 is 10.8 Å². The first-order valence-electron chi connectivity index (χ1n) is 8.56. The molecule has 1 amide bonds. The summed E-state index contributed by atoms with van der Waals surface area (Å²) in [6, 6.07) is 13.0. The van der Waals surface area contributed by atoms with Crippen LogP contribution >= 0.6 is 0 Å². The zero-order valence-corrected chi connectivity index (χ0v) is 15.5. The molecule has 0 atom stereocenters. The van der Waals surface area contributed by atoms with Gasteiger partial charge in [-0.2, -0.15) is 0 Å². The second-order valence-electron chi connectivity index (χ2n) is 7.25. The molecular formula is C19H23BN2O4. The average Bonchev–Trinajstić information content (AvgIpc) is 2.82. The van der Waals surface area contributed by atoms with Crippen LogP contribution in [0, 0.1) is 0 Å². The minimum Gasteiger partial charge on any atom is -0.444 e. The molecule has 2 heterocycles. The number of amides is 1. The summed E-state index contributed by atoms with van der Waals surface area (Å²) in [5, 5.41) is 2.61. The highest BCUT2D eigenvalue weighted by Crippen LogP contribution is 2.36. The zero-order chi connectivity index (χ0) is 18.8. The van der Waals surface area contributed by atoms with Crippen LogP contribution in [0.5, 0.6) is 0 Å². The van der Waals surface area contributed by atoms with Crippen molar-refractivity contribution in [1.82, 2.24) is 4.98 Å². The Balaban J connectivity index is 1.56. The van der Waals surface area contributed by atoms with E-state index in [0.717, 1.165) is 11.0 Å². The van der Waals surface area contributed by atoms with Gasteiger partial charge < -0.3 is 14.0 Å². The number of pyridine rings is 1. The molecule has 136 valence electrons. The molecular weight excluding hydrogens is 331 g/mol. The maximum Gasteiger partial charge on any atom is 0.496 e. The lowest BCUT2D eigenvalue weighted by Crippen LogP contribution is -2.41. The molecule has 0 bridgehead atoms. The molecule has 0 radical (unpaired) electrons. The van der Waals surface area contributed by atoms with Gasteiger partial charge in [-0.15, -0.1) is 0 Å². The lowest BCUT2D eigenvalue weighted by Gasteiger charge is -2.32. The van der Waals surface area contributed by atoms with E-state index in [1.807, 2.05) is 64.1 Å². The number of hydrogen-bond acceptors (Lipinski definition) is 5. The van der Waals surface area contributed by atoms with E-state index in [4.69, 9.17) is 14.0 Å². The van der Waals surface area contributed by atoms with Crippen molar-refractivity contribution in [3.8, 4) is 0 Å². The molecule has 1 aromatic heterocycles. The number of benzene rings is 1. The summed E-state index contributed by atoms with van der Waals surface area (Å²) >= 11 is 0. The monoisotopic (exact) mass is 354 g/mol. The summed E-state index contributed by atoms with van der Waals surface area (Å²) in [5.41, 5.74) is 0.907. The predicted octanol–water partition coefficient (Wildman–Crippen LogP) is 3.13. The number of hydrogen-bond donors (Lipinski definition) is 1. The lowest BCUT2D eigenvalue weighted by atomic mass is 9.80. The standard InChI is InChI=1S/C19H23BN2O4/c1-18(2)19(3,4)26-20(25-18)15-10-11-16(21-12-15)22-17(23)24-13-14-8-6-5-7-9-14/h5-12H,13H2,1-4H3,(H,21,22,23). The zero-order valence-electron chi connectivity index (χ0n) is 15.5. The Morgan fingerprint density at radius 3 is 2.31 bits per heavy atom. The fourth-order valence-corrected chi connectivity index (χ4v) is 2.46. The summed E-state index contributed by atoms with van der Waals surface area (Å²) < 4.78 is 17.1. The van der Waals surface area contributed by atoms with Crippen LogP contribution in [0.4, 0.5) is 10.6 Å². The van der Waals surface area contributed by atoms with Crippen LogP contribution in [-0.4, -0.2) is 29.4 Å². The van der Waals surface area contributed by atoms with Crippen molar-refractivity contribution in [3.63, 3.8) is 0 Å². The molecule has 3 rings (SSSR count). The summed E-state index contributed by atoms with van der Waals surface area (Å²) in [6.45, 7) is 8.20. The highest BCUT2D eigenvalue weighted by atomic mass is 16.7. The van der Waals surface area contributed by atoms with E-state index in [9.17, 15) is 4.79 Å². The quantitative estimate of drug-likeness (QED) is 0.855. The van der Waals surface area contributed by atoms with Crippen molar-refractivity contribution in [2.75, 3.05) is 5.32 Å². The third-order valence-corrected chi connectivity index (χ3v) is 4.75. The molecule has 1 aliphatic heterocycles. The molecule has 1 saturated heterocycles. The minimum atomic E-state index is -0.551. The first-order chi connectivity index (χ1) is 12.3. The Bertz CT molecular complexity index is 747. The fraction of sp³-hybridized carbons (Fsp3) is 0.368. The van der Waals surface area contributed by atoms with Gasteiger partial charge in [-0.25, -0.2) is 9.78 Å². The van der Waals surface area contributed by atoms with Gasteiger partial charge in [-0.05, 0) is 39.3 Å². The van der Waals surface area contributed by atoms with E-state index < -0.39 is 24.4 Å². The first kappa shape index (κ1) is 18.4. The molecule has 1 fully saturated rings. The SMILES string of the molecule is CC1(C)OB(c2ccc(NC(=O)OCc3ccccc3)nc2)OC1(C)C. The van der Waals surface area contributed by atoms with Gasteiger partial charge in [0.2, 0.25) is 0 Å². The van der Waals surface area contributed by atoms with Crippen LogP contribution in [0.15, 0.2) is 48.7 Å². The Labute approximate surface area is 154 Å².